The fourth-order valence-electron chi connectivity index (χ4n) is 3.75. The molecule has 7 heteroatoms. The number of H-pyrrole nitrogens is 1. The lowest BCUT2D eigenvalue weighted by molar-refractivity contribution is 0.324. The molecule has 0 aliphatic heterocycles. The Morgan fingerprint density at radius 3 is 2.40 bits per heavy atom. The Labute approximate surface area is 172 Å². The van der Waals surface area contributed by atoms with Crippen molar-refractivity contribution >= 4 is 16.6 Å². The second-order valence-electron chi connectivity index (χ2n) is 6.79. The standard InChI is InChI=1S/C23H20N4O3/c1-28-20-10-14(11-21(29-2)23(20)30-3)18-12-22-24-9-8-19(27(22)26-18)16-13-25-17-7-5-4-6-15(16)17/h4-13,25H,1-3H3. The molecule has 30 heavy (non-hydrogen) atoms. The number of benzene rings is 2. The van der Waals surface area contributed by atoms with Crippen molar-refractivity contribution in [2.45, 2.75) is 0 Å². The lowest BCUT2D eigenvalue weighted by Crippen LogP contribution is -1.97. The van der Waals surface area contributed by atoms with E-state index in [1.807, 2.05) is 47.1 Å². The molecule has 1 N–H and O–H groups in total. The summed E-state index contributed by atoms with van der Waals surface area (Å²) in [4.78, 5) is 7.82. The lowest BCUT2D eigenvalue weighted by atomic mass is 10.1. The van der Waals surface area contributed by atoms with Crippen LogP contribution in [-0.4, -0.2) is 40.9 Å². The summed E-state index contributed by atoms with van der Waals surface area (Å²) in [5.41, 5.74) is 5.46. The van der Waals surface area contributed by atoms with E-state index in [9.17, 15) is 0 Å². The first-order valence-electron chi connectivity index (χ1n) is 9.45. The highest BCUT2D eigenvalue weighted by Crippen LogP contribution is 2.41. The van der Waals surface area contributed by atoms with Gasteiger partial charge in [0, 0.05) is 40.5 Å². The smallest absolute Gasteiger partial charge is 0.203 e. The van der Waals surface area contributed by atoms with Crippen molar-refractivity contribution in [1.82, 2.24) is 19.6 Å². The minimum absolute atomic E-state index is 0.546. The van der Waals surface area contributed by atoms with Crippen LogP contribution in [0.4, 0.5) is 0 Å². The van der Waals surface area contributed by atoms with Gasteiger partial charge in [0.15, 0.2) is 17.1 Å². The van der Waals surface area contributed by atoms with Crippen LogP contribution in [0, 0.1) is 0 Å². The van der Waals surface area contributed by atoms with Crippen LogP contribution in [0.25, 0.3) is 39.1 Å². The molecule has 0 fully saturated rings. The number of rotatable bonds is 5. The van der Waals surface area contributed by atoms with Gasteiger partial charge in [-0.15, -0.1) is 0 Å². The summed E-state index contributed by atoms with van der Waals surface area (Å²) in [6.07, 6.45) is 3.80. The molecule has 0 radical (unpaired) electrons. The van der Waals surface area contributed by atoms with Gasteiger partial charge < -0.3 is 19.2 Å². The summed E-state index contributed by atoms with van der Waals surface area (Å²) >= 11 is 0. The molecule has 0 spiro atoms. The third kappa shape index (κ3) is 2.75. The van der Waals surface area contributed by atoms with Crippen LogP contribution < -0.4 is 14.2 Å². The van der Waals surface area contributed by atoms with E-state index in [4.69, 9.17) is 19.3 Å². The molecule has 3 aromatic heterocycles. The first-order chi connectivity index (χ1) is 14.7. The number of nitrogens with zero attached hydrogens (tertiary/aromatic N) is 3. The SMILES string of the molecule is COc1cc(-c2cc3nccc(-c4c[nH]c5ccccc45)n3n2)cc(OC)c1OC. The highest BCUT2D eigenvalue weighted by atomic mass is 16.5. The summed E-state index contributed by atoms with van der Waals surface area (Å²) in [5, 5.41) is 5.97. The Balaban J connectivity index is 1.70. The number of aromatic amines is 1. The van der Waals surface area contributed by atoms with Crippen molar-refractivity contribution in [3.8, 4) is 39.8 Å². The van der Waals surface area contributed by atoms with Crippen molar-refractivity contribution in [1.29, 1.82) is 0 Å². The highest BCUT2D eigenvalue weighted by Gasteiger charge is 2.17. The van der Waals surface area contributed by atoms with Gasteiger partial charge in [0.05, 0.1) is 32.7 Å². The average molecular weight is 400 g/mol. The highest BCUT2D eigenvalue weighted by molar-refractivity contribution is 5.94. The third-order valence-corrected chi connectivity index (χ3v) is 5.18. The van der Waals surface area contributed by atoms with Crippen LogP contribution in [0.15, 0.2) is 60.9 Å². The van der Waals surface area contributed by atoms with Crippen LogP contribution in [0.2, 0.25) is 0 Å². The largest absolute Gasteiger partial charge is 0.493 e. The normalized spacial score (nSPS) is 11.2. The van der Waals surface area contributed by atoms with Gasteiger partial charge in [-0.3, -0.25) is 0 Å². The molecular formula is C23H20N4O3. The van der Waals surface area contributed by atoms with E-state index in [0.29, 0.717) is 17.2 Å². The number of hydrogen-bond donors (Lipinski definition) is 1. The third-order valence-electron chi connectivity index (χ3n) is 5.18. The minimum atomic E-state index is 0.546. The summed E-state index contributed by atoms with van der Waals surface area (Å²) in [6, 6.07) is 15.9. The monoisotopic (exact) mass is 400 g/mol. The molecular weight excluding hydrogens is 380 g/mol. The molecule has 5 rings (SSSR count). The Morgan fingerprint density at radius 1 is 0.900 bits per heavy atom. The summed E-state index contributed by atoms with van der Waals surface area (Å²) in [7, 11) is 4.78. The number of nitrogens with one attached hydrogen (secondary N) is 1. The van der Waals surface area contributed by atoms with Crippen LogP contribution in [0.5, 0.6) is 17.2 Å². The van der Waals surface area contributed by atoms with Gasteiger partial charge in [0.1, 0.15) is 0 Å². The van der Waals surface area contributed by atoms with Crippen molar-refractivity contribution in [2.24, 2.45) is 0 Å². The number of para-hydroxylation sites is 1. The van der Waals surface area contributed by atoms with E-state index in [0.717, 1.165) is 39.1 Å². The Morgan fingerprint density at radius 2 is 1.67 bits per heavy atom. The van der Waals surface area contributed by atoms with E-state index in [1.165, 1.54) is 0 Å². The maximum absolute atomic E-state index is 5.49. The molecule has 0 amide bonds. The van der Waals surface area contributed by atoms with Gasteiger partial charge >= 0.3 is 0 Å². The van der Waals surface area contributed by atoms with Gasteiger partial charge in [-0.25, -0.2) is 9.50 Å². The molecule has 3 heterocycles. The molecule has 0 aliphatic carbocycles. The molecule has 0 bridgehead atoms. The summed E-state index contributed by atoms with van der Waals surface area (Å²) in [6.45, 7) is 0. The Hall–Kier alpha value is -4.00. The average Bonchev–Trinajstić information content (AvgIpc) is 3.42. The predicted molar refractivity (Wildman–Crippen MR) is 115 cm³/mol. The van der Waals surface area contributed by atoms with E-state index in [-0.39, 0.29) is 0 Å². The van der Waals surface area contributed by atoms with Crippen molar-refractivity contribution in [3.63, 3.8) is 0 Å². The molecule has 0 aliphatic rings. The van der Waals surface area contributed by atoms with Crippen LogP contribution in [-0.2, 0) is 0 Å². The Kier molecular flexibility index (Phi) is 4.28. The van der Waals surface area contributed by atoms with Gasteiger partial charge in [-0.1, -0.05) is 18.2 Å². The van der Waals surface area contributed by atoms with E-state index >= 15 is 0 Å². The molecule has 0 saturated heterocycles. The summed E-state index contributed by atoms with van der Waals surface area (Å²) in [5.74, 6) is 1.70. The molecule has 0 saturated carbocycles. The maximum atomic E-state index is 5.49. The van der Waals surface area contributed by atoms with Crippen LogP contribution in [0.1, 0.15) is 0 Å². The fourth-order valence-corrected chi connectivity index (χ4v) is 3.75. The maximum Gasteiger partial charge on any atom is 0.203 e. The first kappa shape index (κ1) is 18.1. The molecule has 0 atom stereocenters. The molecule has 0 unspecified atom stereocenters. The molecule has 150 valence electrons. The van der Waals surface area contributed by atoms with Crippen molar-refractivity contribution in [2.75, 3.05) is 21.3 Å². The van der Waals surface area contributed by atoms with E-state index < -0.39 is 0 Å². The van der Waals surface area contributed by atoms with Gasteiger partial charge in [-0.2, -0.15) is 5.10 Å². The zero-order chi connectivity index (χ0) is 20.7. The number of fused-ring (bicyclic) bond motifs is 2. The van der Waals surface area contributed by atoms with E-state index in [2.05, 4.69) is 22.1 Å². The number of methoxy groups -OCH3 is 3. The van der Waals surface area contributed by atoms with Gasteiger partial charge in [-0.05, 0) is 24.3 Å². The fraction of sp³-hybridized carbons (Fsp3) is 0.130. The predicted octanol–water partition coefficient (Wildman–Crippen LogP) is 4.57. The van der Waals surface area contributed by atoms with Crippen LogP contribution >= 0.6 is 0 Å². The molecule has 7 nitrogen and oxygen atoms in total. The van der Waals surface area contributed by atoms with Crippen molar-refractivity contribution < 1.29 is 14.2 Å². The number of ether oxygens (including phenoxy) is 3. The van der Waals surface area contributed by atoms with Crippen molar-refractivity contribution in [3.05, 3.63) is 60.9 Å². The topological polar surface area (TPSA) is 73.7 Å². The quantitative estimate of drug-likeness (QED) is 0.468. The zero-order valence-electron chi connectivity index (χ0n) is 16.8. The number of hydrogen-bond acceptors (Lipinski definition) is 5. The first-order valence-corrected chi connectivity index (χ1v) is 9.45. The van der Waals surface area contributed by atoms with Gasteiger partial charge in [0.2, 0.25) is 5.75 Å². The Bertz CT molecular complexity index is 1340. The second-order valence-corrected chi connectivity index (χ2v) is 6.79. The van der Waals surface area contributed by atoms with Gasteiger partial charge in [0.25, 0.3) is 0 Å². The van der Waals surface area contributed by atoms with E-state index in [1.54, 1.807) is 27.5 Å². The molecule has 5 aromatic rings. The minimum Gasteiger partial charge on any atom is -0.493 e. The lowest BCUT2D eigenvalue weighted by Gasteiger charge is -2.13. The molecule has 2 aromatic carbocycles. The second kappa shape index (κ2) is 7.11. The number of aromatic nitrogens is 4. The van der Waals surface area contributed by atoms with Crippen LogP contribution in [0.3, 0.4) is 0 Å². The summed E-state index contributed by atoms with van der Waals surface area (Å²) < 4.78 is 18.3. The zero-order valence-corrected chi connectivity index (χ0v) is 16.8.